The fraction of sp³-hybridized carbons (Fsp3) is 0.391. The van der Waals surface area contributed by atoms with Gasteiger partial charge in [0.2, 0.25) is 5.91 Å². The minimum atomic E-state index is 0. The molecule has 1 aliphatic carbocycles. The number of nitrogens with zero attached hydrogens (tertiary/aromatic N) is 1. The van der Waals surface area contributed by atoms with Crippen molar-refractivity contribution in [1.82, 2.24) is 10.6 Å². The van der Waals surface area contributed by atoms with E-state index < -0.39 is 0 Å². The lowest BCUT2D eigenvalue weighted by Gasteiger charge is -2.24. The third-order valence-electron chi connectivity index (χ3n) is 5.02. The van der Waals surface area contributed by atoms with Gasteiger partial charge in [-0.15, -0.1) is 24.0 Å². The van der Waals surface area contributed by atoms with Gasteiger partial charge in [0.25, 0.3) is 0 Å². The summed E-state index contributed by atoms with van der Waals surface area (Å²) < 4.78 is 0. The second-order valence-corrected chi connectivity index (χ2v) is 7.35. The number of benzene rings is 2. The number of aliphatic imine (C=N–C) groups is 1. The summed E-state index contributed by atoms with van der Waals surface area (Å²) >= 11 is 0. The Hall–Kier alpha value is -2.09. The average molecular weight is 506 g/mol. The predicted molar refractivity (Wildman–Crippen MR) is 131 cm³/mol. The highest BCUT2D eigenvalue weighted by Gasteiger charge is 2.25. The van der Waals surface area contributed by atoms with E-state index in [0.29, 0.717) is 6.54 Å². The minimum Gasteiger partial charge on any atom is -0.357 e. The van der Waals surface area contributed by atoms with Crippen LogP contribution in [0, 0.1) is 12.8 Å². The van der Waals surface area contributed by atoms with Crippen molar-refractivity contribution in [2.45, 2.75) is 46.2 Å². The number of carbonyl (C=O) groups excluding carboxylic acids is 1. The van der Waals surface area contributed by atoms with Crippen molar-refractivity contribution >= 4 is 41.5 Å². The van der Waals surface area contributed by atoms with Crippen LogP contribution in [0.4, 0.5) is 5.69 Å². The molecule has 0 unspecified atom stereocenters. The molecule has 0 aliphatic heterocycles. The quantitative estimate of drug-likeness (QED) is 0.292. The monoisotopic (exact) mass is 506 g/mol. The summed E-state index contributed by atoms with van der Waals surface area (Å²) in [6, 6.07) is 16.4. The van der Waals surface area contributed by atoms with Crippen molar-refractivity contribution in [3.8, 4) is 0 Å². The number of nitrogens with one attached hydrogen (secondary N) is 3. The van der Waals surface area contributed by atoms with Crippen LogP contribution in [-0.2, 0) is 17.9 Å². The Balaban J connectivity index is 0.00000300. The van der Waals surface area contributed by atoms with E-state index in [1.807, 2.05) is 24.3 Å². The third-order valence-corrected chi connectivity index (χ3v) is 5.02. The Morgan fingerprint density at radius 2 is 1.83 bits per heavy atom. The number of amides is 1. The summed E-state index contributed by atoms with van der Waals surface area (Å²) in [6.07, 6.45) is 3.18. The van der Waals surface area contributed by atoms with Crippen molar-refractivity contribution in [3.63, 3.8) is 0 Å². The van der Waals surface area contributed by atoms with Gasteiger partial charge in [-0.2, -0.15) is 0 Å². The van der Waals surface area contributed by atoms with Gasteiger partial charge in [0.15, 0.2) is 5.96 Å². The second-order valence-electron chi connectivity index (χ2n) is 7.35. The molecule has 0 heterocycles. The number of anilines is 1. The van der Waals surface area contributed by atoms with Crippen molar-refractivity contribution < 1.29 is 4.79 Å². The molecule has 0 spiro atoms. The van der Waals surface area contributed by atoms with Gasteiger partial charge in [0.1, 0.15) is 0 Å². The largest absolute Gasteiger partial charge is 0.357 e. The Morgan fingerprint density at radius 3 is 2.48 bits per heavy atom. The first-order valence-corrected chi connectivity index (χ1v) is 10.1. The summed E-state index contributed by atoms with van der Waals surface area (Å²) in [7, 11) is 0. The summed E-state index contributed by atoms with van der Waals surface area (Å²) in [6.45, 7) is 6.22. The fourth-order valence-corrected chi connectivity index (χ4v) is 3.07. The predicted octanol–water partition coefficient (Wildman–Crippen LogP) is 4.61. The zero-order valence-corrected chi connectivity index (χ0v) is 19.5. The first kappa shape index (κ1) is 23.2. The summed E-state index contributed by atoms with van der Waals surface area (Å²) in [5, 5.41) is 9.68. The van der Waals surface area contributed by atoms with E-state index in [9.17, 15) is 4.79 Å². The molecule has 6 heteroatoms. The molecule has 5 nitrogen and oxygen atoms in total. The van der Waals surface area contributed by atoms with Crippen molar-refractivity contribution in [2.24, 2.45) is 10.9 Å². The lowest BCUT2D eigenvalue weighted by Crippen LogP contribution is -2.36. The van der Waals surface area contributed by atoms with E-state index in [2.05, 4.69) is 59.1 Å². The van der Waals surface area contributed by atoms with Gasteiger partial charge in [-0.05, 0) is 49.9 Å². The smallest absolute Gasteiger partial charge is 0.227 e. The van der Waals surface area contributed by atoms with Crippen LogP contribution in [0.15, 0.2) is 53.5 Å². The van der Waals surface area contributed by atoms with E-state index in [1.54, 1.807) is 0 Å². The summed E-state index contributed by atoms with van der Waals surface area (Å²) in [5.41, 5.74) is 4.40. The maximum absolute atomic E-state index is 12.1. The third kappa shape index (κ3) is 7.34. The second kappa shape index (κ2) is 11.8. The lowest BCUT2D eigenvalue weighted by molar-refractivity contribution is -0.122. The van der Waals surface area contributed by atoms with Crippen LogP contribution in [0.2, 0.25) is 0 Å². The SMILES string of the molecule is CCNC(=NCc1cccc(NC(=O)C2CCC2)c1)NCc1ccc(C)cc1.I. The van der Waals surface area contributed by atoms with Crippen LogP contribution in [0.25, 0.3) is 0 Å². The maximum atomic E-state index is 12.1. The van der Waals surface area contributed by atoms with Gasteiger partial charge < -0.3 is 16.0 Å². The molecule has 0 bridgehead atoms. The highest BCUT2D eigenvalue weighted by atomic mass is 127. The van der Waals surface area contributed by atoms with Crippen LogP contribution in [0.5, 0.6) is 0 Å². The average Bonchev–Trinajstić information content (AvgIpc) is 2.64. The molecule has 3 N–H and O–H groups in total. The van der Waals surface area contributed by atoms with Gasteiger partial charge in [-0.25, -0.2) is 4.99 Å². The molecule has 2 aromatic carbocycles. The first-order chi connectivity index (χ1) is 13.6. The molecule has 2 aromatic rings. The van der Waals surface area contributed by atoms with Gasteiger partial charge >= 0.3 is 0 Å². The summed E-state index contributed by atoms with van der Waals surface area (Å²) in [4.78, 5) is 16.8. The zero-order chi connectivity index (χ0) is 19.8. The van der Waals surface area contributed by atoms with Crippen molar-refractivity contribution in [2.75, 3.05) is 11.9 Å². The van der Waals surface area contributed by atoms with Crippen molar-refractivity contribution in [1.29, 1.82) is 0 Å². The molecular formula is C23H31IN4O. The number of aryl methyl sites for hydroxylation is 1. The molecule has 0 saturated heterocycles. The van der Waals surface area contributed by atoms with Gasteiger partial charge in [0.05, 0.1) is 6.54 Å². The van der Waals surface area contributed by atoms with Crippen LogP contribution in [0.1, 0.15) is 42.9 Å². The normalized spacial score (nSPS) is 13.8. The Labute approximate surface area is 190 Å². The highest BCUT2D eigenvalue weighted by Crippen LogP contribution is 2.27. The molecule has 0 atom stereocenters. The number of halogens is 1. The molecular weight excluding hydrogens is 475 g/mol. The molecule has 1 saturated carbocycles. The molecule has 0 radical (unpaired) electrons. The van der Waals surface area contributed by atoms with E-state index in [1.165, 1.54) is 11.1 Å². The van der Waals surface area contributed by atoms with Crippen molar-refractivity contribution in [3.05, 3.63) is 65.2 Å². The first-order valence-electron chi connectivity index (χ1n) is 10.1. The van der Waals surface area contributed by atoms with E-state index in [-0.39, 0.29) is 35.8 Å². The van der Waals surface area contributed by atoms with Crippen LogP contribution in [0.3, 0.4) is 0 Å². The zero-order valence-electron chi connectivity index (χ0n) is 17.2. The number of carbonyl (C=O) groups is 1. The molecule has 1 aliphatic rings. The number of hydrogen-bond donors (Lipinski definition) is 3. The molecule has 156 valence electrons. The molecule has 3 rings (SSSR count). The lowest BCUT2D eigenvalue weighted by atomic mass is 9.85. The Morgan fingerprint density at radius 1 is 1.07 bits per heavy atom. The van der Waals surface area contributed by atoms with Crippen LogP contribution in [-0.4, -0.2) is 18.4 Å². The number of hydrogen-bond acceptors (Lipinski definition) is 2. The molecule has 1 fully saturated rings. The topological polar surface area (TPSA) is 65.5 Å². The van der Waals surface area contributed by atoms with E-state index >= 15 is 0 Å². The van der Waals surface area contributed by atoms with Crippen LogP contribution < -0.4 is 16.0 Å². The summed E-state index contributed by atoms with van der Waals surface area (Å²) in [5.74, 6) is 1.11. The molecule has 29 heavy (non-hydrogen) atoms. The van der Waals surface area contributed by atoms with E-state index in [0.717, 1.165) is 49.6 Å². The fourth-order valence-electron chi connectivity index (χ4n) is 3.07. The molecule has 1 amide bonds. The Kier molecular flexibility index (Phi) is 9.44. The highest BCUT2D eigenvalue weighted by molar-refractivity contribution is 14.0. The number of guanidine groups is 1. The van der Waals surface area contributed by atoms with Gasteiger partial charge in [0, 0.05) is 24.7 Å². The molecule has 0 aromatic heterocycles. The van der Waals surface area contributed by atoms with Gasteiger partial charge in [-0.1, -0.05) is 48.4 Å². The van der Waals surface area contributed by atoms with E-state index in [4.69, 9.17) is 0 Å². The minimum absolute atomic E-state index is 0. The standard InChI is InChI=1S/C23H30N4O.HI/c1-3-24-23(25-15-18-12-10-17(2)11-13-18)26-16-19-6-4-9-21(14-19)27-22(28)20-7-5-8-20;/h4,6,9-14,20H,3,5,7-8,15-16H2,1-2H3,(H,27,28)(H2,24,25,26);1H. The number of rotatable bonds is 7. The maximum Gasteiger partial charge on any atom is 0.227 e. The van der Waals surface area contributed by atoms with Gasteiger partial charge in [-0.3, -0.25) is 4.79 Å². The van der Waals surface area contributed by atoms with Crippen LogP contribution >= 0.6 is 24.0 Å². The Bertz CT molecular complexity index is 816.